The van der Waals surface area contributed by atoms with Crippen molar-refractivity contribution in [2.45, 2.75) is 82.4 Å². The molecule has 7 nitrogen and oxygen atoms in total. The van der Waals surface area contributed by atoms with Gasteiger partial charge in [0.1, 0.15) is 16.3 Å². The van der Waals surface area contributed by atoms with Crippen molar-refractivity contribution in [1.29, 1.82) is 0 Å². The number of nitrogens with zero attached hydrogens (tertiary/aromatic N) is 2. The van der Waals surface area contributed by atoms with E-state index in [0.717, 1.165) is 61.9 Å². The summed E-state index contributed by atoms with van der Waals surface area (Å²) >= 11 is 0. The maximum atomic E-state index is 13.5. The number of amidine groups is 1. The van der Waals surface area contributed by atoms with Crippen LogP contribution in [0.15, 0.2) is 52.4 Å². The maximum absolute atomic E-state index is 13.5. The van der Waals surface area contributed by atoms with Crippen molar-refractivity contribution in [3.63, 3.8) is 0 Å². The SMILES string of the molecule is CCCCC1=NC2(CCCC2)C(=O)N1Cc1ccc(-c2ccccc2S(=O)(=O)O)c(COCC)c1. The average Bonchev–Trinajstić information content (AvgIpc) is 3.42. The number of ether oxygens (including phenoxy) is 1. The number of amides is 1. The second-order valence-corrected chi connectivity index (χ2v) is 10.8. The smallest absolute Gasteiger partial charge is 0.295 e. The van der Waals surface area contributed by atoms with E-state index >= 15 is 0 Å². The highest BCUT2D eigenvalue weighted by Crippen LogP contribution is 2.40. The van der Waals surface area contributed by atoms with Crippen LogP contribution in [0.2, 0.25) is 0 Å². The summed E-state index contributed by atoms with van der Waals surface area (Å²) in [6, 6.07) is 12.1. The van der Waals surface area contributed by atoms with Crippen molar-refractivity contribution >= 4 is 21.9 Å². The first-order chi connectivity index (χ1) is 16.8. The van der Waals surface area contributed by atoms with E-state index in [0.29, 0.717) is 24.3 Å². The van der Waals surface area contributed by atoms with Crippen LogP contribution in [0.3, 0.4) is 0 Å². The Kier molecular flexibility index (Phi) is 7.73. The Morgan fingerprint density at radius 3 is 2.51 bits per heavy atom. The minimum atomic E-state index is -4.39. The number of hydrogen-bond donors (Lipinski definition) is 1. The molecule has 0 atom stereocenters. The van der Waals surface area contributed by atoms with Crippen LogP contribution in [0.1, 0.15) is 69.9 Å². The zero-order chi connectivity index (χ0) is 25.1. The van der Waals surface area contributed by atoms with Gasteiger partial charge in [0, 0.05) is 18.6 Å². The molecule has 2 aromatic rings. The van der Waals surface area contributed by atoms with Crippen LogP contribution in [0.4, 0.5) is 0 Å². The summed E-state index contributed by atoms with van der Waals surface area (Å²) in [6.07, 6.45) is 6.51. The molecular formula is C27H34N2O5S. The monoisotopic (exact) mass is 498 g/mol. The molecule has 1 N–H and O–H groups in total. The lowest BCUT2D eigenvalue weighted by Gasteiger charge is -2.23. The van der Waals surface area contributed by atoms with E-state index < -0.39 is 15.7 Å². The fourth-order valence-corrected chi connectivity index (χ4v) is 5.84. The van der Waals surface area contributed by atoms with Crippen molar-refractivity contribution in [3.8, 4) is 11.1 Å². The largest absolute Gasteiger partial charge is 0.377 e. The van der Waals surface area contributed by atoms with Crippen LogP contribution in [0, 0.1) is 0 Å². The number of benzene rings is 2. The first-order valence-electron chi connectivity index (χ1n) is 12.5. The summed E-state index contributed by atoms with van der Waals surface area (Å²) in [6.45, 7) is 5.24. The second kappa shape index (κ2) is 10.6. The fraction of sp³-hybridized carbons (Fsp3) is 0.481. The Labute approximate surface area is 208 Å². The topological polar surface area (TPSA) is 96.3 Å². The lowest BCUT2D eigenvalue weighted by molar-refractivity contribution is -0.131. The Morgan fingerprint density at radius 2 is 1.83 bits per heavy atom. The van der Waals surface area contributed by atoms with Crippen molar-refractivity contribution in [2.75, 3.05) is 6.61 Å². The summed E-state index contributed by atoms with van der Waals surface area (Å²) in [4.78, 5) is 20.2. The van der Waals surface area contributed by atoms with Gasteiger partial charge in [-0.15, -0.1) is 0 Å². The van der Waals surface area contributed by atoms with Gasteiger partial charge in [-0.3, -0.25) is 19.2 Å². The predicted molar refractivity (Wildman–Crippen MR) is 136 cm³/mol. The molecule has 8 heteroatoms. The van der Waals surface area contributed by atoms with E-state index in [1.165, 1.54) is 6.07 Å². The minimum Gasteiger partial charge on any atom is -0.377 e. The van der Waals surface area contributed by atoms with Crippen LogP contribution in [0.25, 0.3) is 11.1 Å². The van der Waals surface area contributed by atoms with E-state index in [4.69, 9.17) is 9.73 Å². The van der Waals surface area contributed by atoms with E-state index in [2.05, 4.69) is 6.92 Å². The molecule has 2 aromatic carbocycles. The highest BCUT2D eigenvalue weighted by Gasteiger charge is 2.49. The Hall–Kier alpha value is -2.55. The highest BCUT2D eigenvalue weighted by molar-refractivity contribution is 7.86. The first-order valence-corrected chi connectivity index (χ1v) is 13.9. The Balaban J connectivity index is 1.69. The molecule has 0 aromatic heterocycles. The van der Waals surface area contributed by atoms with Crippen LogP contribution in [0.5, 0.6) is 0 Å². The van der Waals surface area contributed by atoms with Crippen LogP contribution < -0.4 is 0 Å². The maximum Gasteiger partial charge on any atom is 0.295 e. The Bertz CT molecular complexity index is 1220. The molecule has 0 bridgehead atoms. The van der Waals surface area contributed by atoms with Crippen molar-refractivity contribution in [1.82, 2.24) is 4.90 Å². The van der Waals surface area contributed by atoms with E-state index in [1.807, 2.05) is 30.0 Å². The molecule has 2 aliphatic rings. The third-order valence-corrected chi connectivity index (χ3v) is 7.82. The highest BCUT2D eigenvalue weighted by atomic mass is 32.2. The summed E-state index contributed by atoms with van der Waals surface area (Å²) in [7, 11) is -4.39. The number of carbonyl (C=O) groups excluding carboxylic acids is 1. The van der Waals surface area contributed by atoms with E-state index in [9.17, 15) is 17.8 Å². The molecule has 0 saturated heterocycles. The summed E-state index contributed by atoms with van der Waals surface area (Å²) in [5, 5.41) is 0. The van der Waals surface area contributed by atoms with Crippen molar-refractivity contribution in [2.24, 2.45) is 4.99 Å². The first kappa shape index (κ1) is 25.5. The normalized spacial score (nSPS) is 17.4. The molecule has 1 fully saturated rings. The van der Waals surface area contributed by atoms with Gasteiger partial charge in [0.2, 0.25) is 0 Å². The Morgan fingerprint density at radius 1 is 1.09 bits per heavy atom. The zero-order valence-electron chi connectivity index (χ0n) is 20.5. The molecule has 4 rings (SSSR count). The molecule has 0 unspecified atom stereocenters. The molecule has 0 radical (unpaired) electrons. The van der Waals surface area contributed by atoms with Gasteiger partial charge in [-0.05, 0) is 48.9 Å². The number of rotatable bonds is 10. The quantitative estimate of drug-likeness (QED) is 0.444. The molecule has 1 saturated carbocycles. The summed E-state index contributed by atoms with van der Waals surface area (Å²) in [5.41, 5.74) is 2.25. The van der Waals surface area contributed by atoms with Gasteiger partial charge < -0.3 is 4.74 Å². The lowest BCUT2D eigenvalue weighted by atomic mass is 9.96. The van der Waals surface area contributed by atoms with Crippen molar-refractivity contribution < 1.29 is 22.5 Å². The number of unbranched alkanes of at least 4 members (excludes halogenated alkanes) is 1. The molecule has 1 heterocycles. The van der Waals surface area contributed by atoms with Crippen LogP contribution >= 0.6 is 0 Å². The molecule has 188 valence electrons. The van der Waals surface area contributed by atoms with Gasteiger partial charge in [-0.2, -0.15) is 8.42 Å². The molecule has 1 amide bonds. The third kappa shape index (κ3) is 5.34. The van der Waals surface area contributed by atoms with E-state index in [1.54, 1.807) is 18.2 Å². The van der Waals surface area contributed by atoms with Crippen molar-refractivity contribution in [3.05, 3.63) is 53.6 Å². The minimum absolute atomic E-state index is 0.105. The van der Waals surface area contributed by atoms with Gasteiger partial charge in [-0.25, -0.2) is 0 Å². The third-order valence-electron chi connectivity index (χ3n) is 6.91. The fourth-order valence-electron chi connectivity index (χ4n) is 5.13. The lowest BCUT2D eigenvalue weighted by Crippen LogP contribution is -2.40. The van der Waals surface area contributed by atoms with Gasteiger partial charge >= 0.3 is 0 Å². The predicted octanol–water partition coefficient (Wildman–Crippen LogP) is 5.38. The summed E-state index contributed by atoms with van der Waals surface area (Å²) in [5.74, 6) is 0.985. The number of carbonyl (C=O) groups is 1. The number of hydrogen-bond acceptors (Lipinski definition) is 5. The van der Waals surface area contributed by atoms with Gasteiger partial charge in [-0.1, -0.05) is 62.6 Å². The molecule has 1 spiro atoms. The number of aliphatic imine (C=N–C) groups is 1. The summed E-state index contributed by atoms with van der Waals surface area (Å²) < 4.78 is 39.4. The zero-order valence-corrected chi connectivity index (χ0v) is 21.3. The van der Waals surface area contributed by atoms with Crippen LogP contribution in [-0.4, -0.2) is 41.8 Å². The van der Waals surface area contributed by atoms with Gasteiger partial charge in [0.25, 0.3) is 16.0 Å². The van der Waals surface area contributed by atoms with E-state index in [-0.39, 0.29) is 17.4 Å². The molecular weight excluding hydrogens is 464 g/mol. The average molecular weight is 499 g/mol. The van der Waals surface area contributed by atoms with Gasteiger partial charge in [0.05, 0.1) is 13.2 Å². The molecule has 1 aliphatic heterocycles. The molecule has 35 heavy (non-hydrogen) atoms. The second-order valence-electron chi connectivity index (χ2n) is 9.36. The standard InChI is InChI=1S/C27H34N2O5S/c1-3-5-12-25-28-27(15-8-9-16-27)26(30)29(25)18-20-13-14-22(21(17-20)19-34-4-2)23-10-6-7-11-24(23)35(31,32)33/h6-7,10-11,13-14,17H,3-5,8-9,12,15-16,18-19H2,1-2H3,(H,31,32,33). The van der Waals surface area contributed by atoms with Gasteiger partial charge in [0.15, 0.2) is 0 Å². The van der Waals surface area contributed by atoms with Crippen LogP contribution in [-0.2, 0) is 32.8 Å². The molecule has 1 aliphatic carbocycles.